The van der Waals surface area contributed by atoms with E-state index < -0.39 is 0 Å². The average Bonchev–Trinajstić information content (AvgIpc) is 2.77. The quantitative estimate of drug-likeness (QED) is 0.854. The van der Waals surface area contributed by atoms with Crippen LogP contribution in [-0.4, -0.2) is 7.05 Å². The molecule has 18 heavy (non-hydrogen) atoms. The van der Waals surface area contributed by atoms with Gasteiger partial charge >= 0.3 is 0 Å². The third-order valence-electron chi connectivity index (χ3n) is 2.71. The van der Waals surface area contributed by atoms with E-state index in [0.29, 0.717) is 10.0 Å². The zero-order valence-electron chi connectivity index (χ0n) is 9.71. The van der Waals surface area contributed by atoms with Crippen molar-refractivity contribution in [2.45, 2.75) is 12.5 Å². The highest BCUT2D eigenvalue weighted by Crippen LogP contribution is 2.27. The van der Waals surface area contributed by atoms with Crippen molar-refractivity contribution in [1.29, 1.82) is 0 Å². The summed E-state index contributed by atoms with van der Waals surface area (Å²) in [6, 6.07) is 9.60. The standard InChI is InChI=1S/C13H12BrCl2NO/c1-17-11(12-4-5-13(14)18-12)7-8-2-3-9(15)10(16)6-8/h2-6,11,17H,7H2,1H3. The molecule has 0 spiro atoms. The van der Waals surface area contributed by atoms with Gasteiger partial charge < -0.3 is 9.73 Å². The molecular weight excluding hydrogens is 337 g/mol. The minimum Gasteiger partial charge on any atom is -0.453 e. The molecule has 1 unspecified atom stereocenters. The van der Waals surface area contributed by atoms with Gasteiger partial charge in [0.05, 0.1) is 16.1 Å². The Bertz CT molecular complexity index is 542. The Kier molecular flexibility index (Phi) is 4.73. The van der Waals surface area contributed by atoms with Gasteiger partial charge in [-0.25, -0.2) is 0 Å². The largest absolute Gasteiger partial charge is 0.453 e. The highest BCUT2D eigenvalue weighted by molar-refractivity contribution is 9.10. The Balaban J connectivity index is 2.17. The minimum absolute atomic E-state index is 0.105. The Morgan fingerprint density at radius 2 is 2.00 bits per heavy atom. The van der Waals surface area contributed by atoms with E-state index in [9.17, 15) is 0 Å². The van der Waals surface area contributed by atoms with E-state index in [1.807, 2.05) is 37.4 Å². The molecule has 1 aromatic carbocycles. The smallest absolute Gasteiger partial charge is 0.169 e. The molecule has 2 rings (SSSR count). The third kappa shape index (κ3) is 3.29. The van der Waals surface area contributed by atoms with Crippen molar-refractivity contribution >= 4 is 39.1 Å². The lowest BCUT2D eigenvalue weighted by atomic mass is 10.0. The van der Waals surface area contributed by atoms with Crippen molar-refractivity contribution in [3.05, 3.63) is 56.4 Å². The van der Waals surface area contributed by atoms with E-state index in [2.05, 4.69) is 21.2 Å². The molecule has 0 saturated heterocycles. The average molecular weight is 349 g/mol. The fourth-order valence-corrected chi connectivity index (χ4v) is 2.40. The van der Waals surface area contributed by atoms with Gasteiger partial charge in [0.2, 0.25) is 0 Å². The number of benzene rings is 1. The zero-order chi connectivity index (χ0) is 13.1. The molecule has 0 aliphatic rings. The van der Waals surface area contributed by atoms with Crippen molar-refractivity contribution in [3.63, 3.8) is 0 Å². The molecule has 0 aliphatic heterocycles. The lowest BCUT2D eigenvalue weighted by Crippen LogP contribution is -2.18. The van der Waals surface area contributed by atoms with E-state index in [1.54, 1.807) is 0 Å². The van der Waals surface area contributed by atoms with Gasteiger partial charge in [0, 0.05) is 0 Å². The first-order valence-electron chi connectivity index (χ1n) is 5.46. The number of halogens is 3. The lowest BCUT2D eigenvalue weighted by Gasteiger charge is -2.14. The van der Waals surface area contributed by atoms with Gasteiger partial charge in [0.25, 0.3) is 0 Å². The minimum atomic E-state index is 0.105. The summed E-state index contributed by atoms with van der Waals surface area (Å²) >= 11 is 15.2. The van der Waals surface area contributed by atoms with Gasteiger partial charge in [-0.15, -0.1) is 0 Å². The number of nitrogens with one attached hydrogen (secondary N) is 1. The summed E-state index contributed by atoms with van der Waals surface area (Å²) in [4.78, 5) is 0. The maximum Gasteiger partial charge on any atom is 0.169 e. The predicted molar refractivity (Wildman–Crippen MR) is 78.4 cm³/mol. The summed E-state index contributed by atoms with van der Waals surface area (Å²) < 4.78 is 6.29. The van der Waals surface area contributed by atoms with Crippen molar-refractivity contribution in [1.82, 2.24) is 5.32 Å². The fraction of sp³-hybridized carbons (Fsp3) is 0.231. The van der Waals surface area contributed by atoms with E-state index in [1.165, 1.54) is 0 Å². The number of furan rings is 1. The molecule has 1 atom stereocenters. The van der Waals surface area contributed by atoms with Gasteiger partial charge in [0.15, 0.2) is 4.67 Å². The highest BCUT2D eigenvalue weighted by atomic mass is 79.9. The summed E-state index contributed by atoms with van der Waals surface area (Å²) in [5.41, 5.74) is 1.11. The first-order chi connectivity index (χ1) is 8.60. The second-order valence-corrected chi connectivity index (χ2v) is 5.53. The van der Waals surface area contributed by atoms with Crippen LogP contribution in [0.5, 0.6) is 0 Å². The van der Waals surface area contributed by atoms with Crippen LogP contribution in [0.2, 0.25) is 10.0 Å². The molecule has 0 fully saturated rings. The van der Waals surface area contributed by atoms with Crippen LogP contribution in [0.1, 0.15) is 17.4 Å². The normalized spacial score (nSPS) is 12.7. The van der Waals surface area contributed by atoms with E-state index in [4.69, 9.17) is 27.6 Å². The summed E-state index contributed by atoms with van der Waals surface area (Å²) in [5, 5.41) is 4.37. The molecule has 0 bridgehead atoms. The molecule has 2 aromatic rings. The molecule has 2 nitrogen and oxygen atoms in total. The van der Waals surface area contributed by atoms with Gasteiger partial charge in [-0.2, -0.15) is 0 Å². The second-order valence-electron chi connectivity index (χ2n) is 3.94. The van der Waals surface area contributed by atoms with Crippen LogP contribution >= 0.6 is 39.1 Å². The number of hydrogen-bond donors (Lipinski definition) is 1. The number of hydrogen-bond acceptors (Lipinski definition) is 2. The molecular formula is C13H12BrCl2NO. The summed E-state index contributed by atoms with van der Waals surface area (Å²) in [6.45, 7) is 0. The van der Waals surface area contributed by atoms with Gasteiger partial charge in [-0.3, -0.25) is 0 Å². The van der Waals surface area contributed by atoms with Crippen LogP contribution in [0.25, 0.3) is 0 Å². The van der Waals surface area contributed by atoms with Gasteiger partial charge in [0.1, 0.15) is 5.76 Å². The SMILES string of the molecule is CNC(Cc1ccc(Cl)c(Cl)c1)c1ccc(Br)o1. The van der Waals surface area contributed by atoms with Crippen molar-refractivity contribution in [2.75, 3.05) is 7.05 Å². The van der Waals surface area contributed by atoms with Crippen molar-refractivity contribution < 1.29 is 4.42 Å². The molecule has 0 radical (unpaired) electrons. The summed E-state index contributed by atoms with van der Waals surface area (Å²) in [6.07, 6.45) is 0.785. The highest BCUT2D eigenvalue weighted by Gasteiger charge is 2.14. The number of likely N-dealkylation sites (N-methyl/N-ethyl adjacent to an activating group) is 1. The molecule has 1 N–H and O–H groups in total. The van der Waals surface area contributed by atoms with Crippen LogP contribution < -0.4 is 5.32 Å². The van der Waals surface area contributed by atoms with Gasteiger partial charge in [-0.1, -0.05) is 29.3 Å². The fourth-order valence-electron chi connectivity index (χ4n) is 1.76. The third-order valence-corrected chi connectivity index (χ3v) is 3.87. The van der Waals surface area contributed by atoms with Crippen molar-refractivity contribution in [2.24, 2.45) is 0 Å². The molecule has 5 heteroatoms. The lowest BCUT2D eigenvalue weighted by molar-refractivity contribution is 0.417. The molecule has 0 amide bonds. The first-order valence-corrected chi connectivity index (χ1v) is 7.01. The molecule has 0 saturated carbocycles. The maximum atomic E-state index is 6.01. The van der Waals surface area contributed by atoms with Crippen molar-refractivity contribution in [3.8, 4) is 0 Å². The number of rotatable bonds is 4. The van der Waals surface area contributed by atoms with E-state index >= 15 is 0 Å². The summed E-state index contributed by atoms with van der Waals surface area (Å²) in [5.74, 6) is 0.885. The maximum absolute atomic E-state index is 6.01. The van der Waals surface area contributed by atoms with Crippen LogP contribution in [0.15, 0.2) is 39.4 Å². The van der Waals surface area contributed by atoms with E-state index in [0.717, 1.165) is 22.4 Å². The monoisotopic (exact) mass is 347 g/mol. The summed E-state index contributed by atoms with van der Waals surface area (Å²) in [7, 11) is 1.90. The topological polar surface area (TPSA) is 25.2 Å². The Labute approximate surface area is 124 Å². The van der Waals surface area contributed by atoms with Crippen LogP contribution in [-0.2, 0) is 6.42 Å². The second kappa shape index (κ2) is 6.11. The Morgan fingerprint density at radius 1 is 1.22 bits per heavy atom. The van der Waals surface area contributed by atoms with Gasteiger partial charge in [-0.05, 0) is 59.2 Å². The molecule has 1 heterocycles. The Morgan fingerprint density at radius 3 is 2.56 bits per heavy atom. The van der Waals surface area contributed by atoms with Crippen LogP contribution in [0.4, 0.5) is 0 Å². The molecule has 1 aromatic heterocycles. The van der Waals surface area contributed by atoms with E-state index in [-0.39, 0.29) is 6.04 Å². The molecule has 0 aliphatic carbocycles. The zero-order valence-corrected chi connectivity index (χ0v) is 12.8. The van der Waals surface area contributed by atoms with Crippen LogP contribution in [0.3, 0.4) is 0 Å². The first kappa shape index (κ1) is 13.9. The van der Waals surface area contributed by atoms with Crippen LogP contribution in [0, 0.1) is 0 Å². The Hall–Kier alpha value is -0.480. The molecule has 96 valence electrons. The predicted octanol–water partition coefficient (Wildman–Crippen LogP) is 4.85.